The Hall–Kier alpha value is -1.89. The van der Waals surface area contributed by atoms with Gasteiger partial charge < -0.3 is 15.5 Å². The third kappa shape index (κ3) is 4.35. The molecule has 1 saturated heterocycles. The summed E-state index contributed by atoms with van der Waals surface area (Å²) in [5.74, 6) is -0.112. The number of halogens is 1. The zero-order chi connectivity index (χ0) is 16.8. The van der Waals surface area contributed by atoms with Crippen molar-refractivity contribution in [3.8, 4) is 11.3 Å². The van der Waals surface area contributed by atoms with Crippen molar-refractivity contribution in [3.05, 3.63) is 41.0 Å². The fourth-order valence-corrected chi connectivity index (χ4v) is 3.05. The summed E-state index contributed by atoms with van der Waals surface area (Å²) >= 11 is 6.03. The first-order chi connectivity index (χ1) is 11.7. The topological polar surface area (TPSA) is 73.1 Å². The molecule has 3 N–H and O–H groups in total. The van der Waals surface area contributed by atoms with Gasteiger partial charge >= 0.3 is 0 Å². The van der Waals surface area contributed by atoms with Crippen LogP contribution in [0.15, 0.2) is 30.5 Å². The van der Waals surface area contributed by atoms with Gasteiger partial charge in [0.05, 0.1) is 17.5 Å². The molecule has 24 heavy (non-hydrogen) atoms. The molecule has 0 saturated carbocycles. The molecular weight excluding hydrogens is 326 g/mol. The Labute approximate surface area is 146 Å². The van der Waals surface area contributed by atoms with Crippen molar-refractivity contribution < 1.29 is 4.79 Å². The van der Waals surface area contributed by atoms with E-state index in [1.165, 1.54) is 0 Å². The van der Waals surface area contributed by atoms with Gasteiger partial charge in [0.2, 0.25) is 0 Å². The van der Waals surface area contributed by atoms with Gasteiger partial charge in [-0.3, -0.25) is 9.89 Å². The van der Waals surface area contributed by atoms with Crippen LogP contribution < -0.4 is 10.6 Å². The number of hydrogen-bond acceptors (Lipinski definition) is 4. The molecule has 2 aromatic rings. The minimum Gasteiger partial charge on any atom is -0.352 e. The zero-order valence-electron chi connectivity index (χ0n) is 13.5. The van der Waals surface area contributed by atoms with Gasteiger partial charge in [-0.15, -0.1) is 0 Å². The fraction of sp³-hybridized carbons (Fsp3) is 0.412. The van der Waals surface area contributed by atoms with Crippen molar-refractivity contribution in [2.75, 3.05) is 39.3 Å². The van der Waals surface area contributed by atoms with Gasteiger partial charge in [0.25, 0.3) is 5.91 Å². The number of carbonyl (C=O) groups is 1. The minimum atomic E-state index is -0.112. The Balaban J connectivity index is 1.53. The molecule has 1 aromatic heterocycles. The lowest BCUT2D eigenvalue weighted by Gasteiger charge is -2.27. The second-order valence-corrected chi connectivity index (χ2v) is 6.31. The minimum absolute atomic E-state index is 0.112. The van der Waals surface area contributed by atoms with E-state index >= 15 is 0 Å². The lowest BCUT2D eigenvalue weighted by Crippen LogP contribution is -2.44. The molecule has 0 unspecified atom stereocenters. The Kier molecular flexibility index (Phi) is 5.85. The number of H-pyrrole nitrogens is 1. The Morgan fingerprint density at radius 2 is 2.17 bits per heavy atom. The fourth-order valence-electron chi connectivity index (χ4n) is 2.86. The summed E-state index contributed by atoms with van der Waals surface area (Å²) < 4.78 is 0. The molecule has 128 valence electrons. The maximum absolute atomic E-state index is 12.4. The third-order valence-electron chi connectivity index (χ3n) is 4.14. The second kappa shape index (κ2) is 8.28. The van der Waals surface area contributed by atoms with E-state index in [1.54, 1.807) is 12.3 Å². The molecule has 6 nitrogen and oxygen atoms in total. The third-order valence-corrected chi connectivity index (χ3v) is 4.38. The highest BCUT2D eigenvalue weighted by Crippen LogP contribution is 2.23. The number of amides is 1. The highest BCUT2D eigenvalue weighted by molar-refractivity contribution is 6.30. The van der Waals surface area contributed by atoms with Crippen LogP contribution in [0.1, 0.15) is 16.8 Å². The molecule has 3 rings (SSSR count). The lowest BCUT2D eigenvalue weighted by molar-refractivity contribution is 0.0952. The zero-order valence-corrected chi connectivity index (χ0v) is 14.3. The molecule has 2 heterocycles. The molecule has 1 aliphatic rings. The van der Waals surface area contributed by atoms with Crippen LogP contribution in [0.25, 0.3) is 11.3 Å². The highest BCUT2D eigenvalue weighted by Gasteiger charge is 2.15. The summed E-state index contributed by atoms with van der Waals surface area (Å²) in [7, 11) is 0. The number of benzene rings is 1. The summed E-state index contributed by atoms with van der Waals surface area (Å²) in [6.45, 7) is 5.91. The maximum Gasteiger partial charge on any atom is 0.255 e. The van der Waals surface area contributed by atoms with Gasteiger partial charge in [-0.2, -0.15) is 5.10 Å². The first-order valence-corrected chi connectivity index (χ1v) is 8.62. The van der Waals surface area contributed by atoms with Crippen LogP contribution >= 0.6 is 11.6 Å². The first kappa shape index (κ1) is 17.0. The van der Waals surface area contributed by atoms with Crippen molar-refractivity contribution >= 4 is 17.5 Å². The van der Waals surface area contributed by atoms with E-state index in [9.17, 15) is 4.79 Å². The molecule has 0 atom stereocenters. The van der Waals surface area contributed by atoms with E-state index in [0.717, 1.165) is 44.7 Å². The normalized spacial score (nSPS) is 15.4. The quantitative estimate of drug-likeness (QED) is 0.696. The predicted octanol–water partition coefficient (Wildman–Crippen LogP) is 1.76. The monoisotopic (exact) mass is 347 g/mol. The first-order valence-electron chi connectivity index (χ1n) is 8.24. The summed E-state index contributed by atoms with van der Waals surface area (Å²) in [5, 5.41) is 13.8. The summed E-state index contributed by atoms with van der Waals surface area (Å²) in [5.41, 5.74) is 2.09. The van der Waals surface area contributed by atoms with Crippen LogP contribution in [0.4, 0.5) is 0 Å². The van der Waals surface area contributed by atoms with Crippen molar-refractivity contribution in [1.29, 1.82) is 0 Å². The smallest absolute Gasteiger partial charge is 0.255 e. The molecule has 1 aliphatic heterocycles. The summed E-state index contributed by atoms with van der Waals surface area (Å²) in [6, 6.07) is 7.38. The Morgan fingerprint density at radius 1 is 1.33 bits per heavy atom. The van der Waals surface area contributed by atoms with Gasteiger partial charge in [-0.05, 0) is 25.1 Å². The van der Waals surface area contributed by atoms with Crippen LogP contribution in [0.2, 0.25) is 5.02 Å². The molecule has 0 aliphatic carbocycles. The van der Waals surface area contributed by atoms with Crippen LogP contribution in [0.3, 0.4) is 0 Å². The van der Waals surface area contributed by atoms with Gasteiger partial charge in [0, 0.05) is 43.3 Å². The largest absolute Gasteiger partial charge is 0.352 e. The molecular formula is C17H22ClN5O. The second-order valence-electron chi connectivity index (χ2n) is 5.87. The molecule has 1 aromatic carbocycles. The van der Waals surface area contributed by atoms with E-state index in [4.69, 9.17) is 11.6 Å². The van der Waals surface area contributed by atoms with Crippen molar-refractivity contribution in [3.63, 3.8) is 0 Å². The summed E-state index contributed by atoms with van der Waals surface area (Å²) in [4.78, 5) is 14.8. The number of aromatic amines is 1. The lowest BCUT2D eigenvalue weighted by atomic mass is 10.1. The standard InChI is InChI=1S/C17H22ClN5O/c18-14-4-1-3-13(11-14)16-15(12-21-22-16)17(24)20-5-2-8-23-9-6-19-7-10-23/h1,3-4,11-12,19H,2,5-10H2,(H,20,24)(H,21,22). The van der Waals surface area contributed by atoms with Gasteiger partial charge in [0.15, 0.2) is 0 Å². The predicted molar refractivity (Wildman–Crippen MR) is 95.3 cm³/mol. The molecule has 1 fully saturated rings. The van der Waals surface area contributed by atoms with Crippen LogP contribution in [0.5, 0.6) is 0 Å². The SMILES string of the molecule is O=C(NCCCN1CCNCC1)c1cn[nH]c1-c1cccc(Cl)c1. The number of carbonyl (C=O) groups excluding carboxylic acids is 1. The van der Waals surface area contributed by atoms with E-state index in [1.807, 2.05) is 18.2 Å². The van der Waals surface area contributed by atoms with Gasteiger partial charge in [0.1, 0.15) is 0 Å². The average Bonchev–Trinajstić information content (AvgIpc) is 3.09. The number of hydrogen-bond donors (Lipinski definition) is 3. The number of rotatable bonds is 6. The summed E-state index contributed by atoms with van der Waals surface area (Å²) in [6.07, 6.45) is 2.50. The number of aromatic nitrogens is 2. The van der Waals surface area contributed by atoms with Crippen LogP contribution in [-0.4, -0.2) is 60.3 Å². The Morgan fingerprint density at radius 3 is 2.96 bits per heavy atom. The van der Waals surface area contributed by atoms with Crippen LogP contribution in [-0.2, 0) is 0 Å². The number of nitrogens with one attached hydrogen (secondary N) is 3. The number of nitrogens with zero attached hydrogens (tertiary/aromatic N) is 2. The van der Waals surface area contributed by atoms with Crippen molar-refractivity contribution in [2.24, 2.45) is 0 Å². The van der Waals surface area contributed by atoms with E-state index in [0.29, 0.717) is 22.8 Å². The van der Waals surface area contributed by atoms with Gasteiger partial charge in [-0.1, -0.05) is 23.7 Å². The van der Waals surface area contributed by atoms with E-state index in [-0.39, 0.29) is 5.91 Å². The van der Waals surface area contributed by atoms with E-state index < -0.39 is 0 Å². The van der Waals surface area contributed by atoms with Crippen molar-refractivity contribution in [1.82, 2.24) is 25.7 Å². The number of piperazine rings is 1. The van der Waals surface area contributed by atoms with Gasteiger partial charge in [-0.25, -0.2) is 0 Å². The highest BCUT2D eigenvalue weighted by atomic mass is 35.5. The maximum atomic E-state index is 12.4. The molecule has 0 radical (unpaired) electrons. The average molecular weight is 348 g/mol. The van der Waals surface area contributed by atoms with E-state index in [2.05, 4.69) is 25.7 Å². The van der Waals surface area contributed by atoms with Crippen LogP contribution in [0, 0.1) is 0 Å². The molecule has 0 bridgehead atoms. The molecule has 0 spiro atoms. The van der Waals surface area contributed by atoms with Crippen molar-refractivity contribution in [2.45, 2.75) is 6.42 Å². The Bertz CT molecular complexity index is 681. The molecule has 1 amide bonds. The molecule has 7 heteroatoms.